The fourth-order valence-corrected chi connectivity index (χ4v) is 2.25. The first-order chi connectivity index (χ1) is 10.2. The standard InChI is InChI=1S/C16H14N4O/c17-15-11(16(18)21)4-1-8-14(15)20-13-7-2-6-12-10(13)5-3-9-19-12/h1-9,20H,17H2,(H2,18,21). The van der Waals surface area contributed by atoms with Crippen LogP contribution in [0, 0.1) is 0 Å². The molecule has 0 aliphatic rings. The number of primary amides is 1. The lowest BCUT2D eigenvalue weighted by Gasteiger charge is -2.13. The van der Waals surface area contributed by atoms with Crippen molar-refractivity contribution in [3.05, 3.63) is 60.3 Å². The van der Waals surface area contributed by atoms with Gasteiger partial charge in [-0.15, -0.1) is 0 Å². The second-order valence-electron chi connectivity index (χ2n) is 4.63. The van der Waals surface area contributed by atoms with Gasteiger partial charge in [-0.2, -0.15) is 0 Å². The van der Waals surface area contributed by atoms with E-state index in [2.05, 4.69) is 10.3 Å². The molecular formula is C16H14N4O. The predicted molar refractivity (Wildman–Crippen MR) is 84.4 cm³/mol. The van der Waals surface area contributed by atoms with Crippen LogP contribution in [0.2, 0.25) is 0 Å². The number of nitrogens with two attached hydrogens (primary N) is 2. The third kappa shape index (κ3) is 2.36. The Bertz CT molecular complexity index is 824. The molecule has 1 heterocycles. The zero-order valence-corrected chi connectivity index (χ0v) is 11.2. The Balaban J connectivity index is 2.07. The van der Waals surface area contributed by atoms with Gasteiger partial charge in [-0.25, -0.2) is 0 Å². The van der Waals surface area contributed by atoms with E-state index in [1.807, 2.05) is 30.3 Å². The van der Waals surface area contributed by atoms with Gasteiger partial charge in [-0.1, -0.05) is 12.1 Å². The van der Waals surface area contributed by atoms with Gasteiger partial charge in [0.2, 0.25) is 0 Å². The Morgan fingerprint density at radius 3 is 2.57 bits per heavy atom. The molecule has 0 bridgehead atoms. The summed E-state index contributed by atoms with van der Waals surface area (Å²) >= 11 is 0. The molecule has 5 N–H and O–H groups in total. The Kier molecular flexibility index (Phi) is 3.16. The second kappa shape index (κ2) is 5.13. The van der Waals surface area contributed by atoms with Crippen molar-refractivity contribution in [2.75, 3.05) is 11.1 Å². The predicted octanol–water partition coefficient (Wildman–Crippen LogP) is 2.66. The first-order valence-electron chi connectivity index (χ1n) is 6.46. The highest BCUT2D eigenvalue weighted by molar-refractivity contribution is 6.02. The van der Waals surface area contributed by atoms with Crippen LogP contribution in [0.5, 0.6) is 0 Å². The van der Waals surface area contributed by atoms with Crippen LogP contribution in [0.3, 0.4) is 0 Å². The molecule has 3 rings (SSSR count). The van der Waals surface area contributed by atoms with Crippen LogP contribution in [-0.2, 0) is 0 Å². The van der Waals surface area contributed by atoms with Crippen molar-refractivity contribution < 1.29 is 4.79 Å². The van der Waals surface area contributed by atoms with E-state index in [9.17, 15) is 4.79 Å². The van der Waals surface area contributed by atoms with E-state index in [0.717, 1.165) is 16.6 Å². The number of nitrogens with zero attached hydrogens (tertiary/aromatic N) is 1. The van der Waals surface area contributed by atoms with E-state index in [-0.39, 0.29) is 0 Å². The maximum absolute atomic E-state index is 11.3. The van der Waals surface area contributed by atoms with Gasteiger partial charge < -0.3 is 16.8 Å². The number of hydrogen-bond donors (Lipinski definition) is 3. The molecule has 1 aromatic heterocycles. The van der Waals surface area contributed by atoms with Crippen LogP contribution in [0.15, 0.2) is 54.7 Å². The van der Waals surface area contributed by atoms with Gasteiger partial charge in [0.15, 0.2) is 0 Å². The van der Waals surface area contributed by atoms with Crippen LogP contribution < -0.4 is 16.8 Å². The highest BCUT2D eigenvalue weighted by atomic mass is 16.1. The molecule has 0 radical (unpaired) electrons. The molecule has 0 spiro atoms. The number of carbonyl (C=O) groups excluding carboxylic acids is 1. The average molecular weight is 278 g/mol. The number of carbonyl (C=O) groups is 1. The minimum Gasteiger partial charge on any atom is -0.396 e. The molecule has 21 heavy (non-hydrogen) atoms. The third-order valence-corrected chi connectivity index (χ3v) is 3.29. The number of nitrogen functional groups attached to an aromatic ring is 1. The van der Waals surface area contributed by atoms with Crippen molar-refractivity contribution in [2.45, 2.75) is 0 Å². The van der Waals surface area contributed by atoms with Crippen molar-refractivity contribution in [1.82, 2.24) is 4.98 Å². The number of pyridine rings is 1. The van der Waals surface area contributed by atoms with Crippen LogP contribution in [-0.4, -0.2) is 10.9 Å². The van der Waals surface area contributed by atoms with Crippen LogP contribution in [0.25, 0.3) is 10.9 Å². The summed E-state index contributed by atoms with van der Waals surface area (Å²) in [6, 6.07) is 14.8. The minimum atomic E-state index is -0.546. The molecule has 0 saturated heterocycles. The molecule has 104 valence electrons. The number of benzene rings is 2. The maximum Gasteiger partial charge on any atom is 0.250 e. The van der Waals surface area contributed by atoms with E-state index in [1.165, 1.54) is 0 Å². The van der Waals surface area contributed by atoms with Crippen molar-refractivity contribution in [1.29, 1.82) is 0 Å². The molecule has 0 unspecified atom stereocenters. The lowest BCUT2D eigenvalue weighted by molar-refractivity contribution is 0.100. The number of anilines is 3. The number of para-hydroxylation sites is 1. The number of hydrogen-bond acceptors (Lipinski definition) is 4. The highest BCUT2D eigenvalue weighted by Crippen LogP contribution is 2.29. The molecule has 3 aromatic rings. The first kappa shape index (κ1) is 12.9. The smallest absolute Gasteiger partial charge is 0.250 e. The Hall–Kier alpha value is -3.08. The molecule has 0 aliphatic carbocycles. The van der Waals surface area contributed by atoms with Crippen molar-refractivity contribution in [3.63, 3.8) is 0 Å². The van der Waals surface area contributed by atoms with Gasteiger partial charge in [0.25, 0.3) is 5.91 Å². The van der Waals surface area contributed by atoms with Gasteiger partial charge in [0.1, 0.15) is 0 Å². The lowest BCUT2D eigenvalue weighted by atomic mass is 10.1. The topological polar surface area (TPSA) is 94.0 Å². The number of fused-ring (bicyclic) bond motifs is 1. The zero-order valence-electron chi connectivity index (χ0n) is 11.2. The highest BCUT2D eigenvalue weighted by Gasteiger charge is 2.10. The average Bonchev–Trinajstić information content (AvgIpc) is 2.49. The molecule has 1 amide bonds. The summed E-state index contributed by atoms with van der Waals surface area (Å²) in [5, 5.41) is 4.21. The van der Waals surface area contributed by atoms with Gasteiger partial charge in [0, 0.05) is 17.3 Å². The summed E-state index contributed by atoms with van der Waals surface area (Å²) in [5.41, 5.74) is 14.3. The SMILES string of the molecule is NC(=O)c1cccc(Nc2cccc3ncccc23)c1N. The molecule has 0 atom stereocenters. The number of amides is 1. The van der Waals surface area contributed by atoms with Crippen molar-refractivity contribution >= 4 is 33.9 Å². The van der Waals surface area contributed by atoms with Crippen molar-refractivity contribution in [2.24, 2.45) is 5.73 Å². The van der Waals surface area contributed by atoms with Gasteiger partial charge in [0.05, 0.1) is 22.5 Å². The van der Waals surface area contributed by atoms with E-state index in [4.69, 9.17) is 11.5 Å². The fraction of sp³-hybridized carbons (Fsp3) is 0. The fourth-order valence-electron chi connectivity index (χ4n) is 2.25. The van der Waals surface area contributed by atoms with E-state index in [1.54, 1.807) is 24.4 Å². The molecular weight excluding hydrogens is 264 g/mol. The maximum atomic E-state index is 11.3. The summed E-state index contributed by atoms with van der Waals surface area (Å²) in [5.74, 6) is -0.546. The quantitative estimate of drug-likeness (QED) is 0.642. The van der Waals surface area contributed by atoms with Crippen LogP contribution >= 0.6 is 0 Å². The lowest BCUT2D eigenvalue weighted by Crippen LogP contribution is -2.14. The van der Waals surface area contributed by atoms with Crippen molar-refractivity contribution in [3.8, 4) is 0 Å². The number of nitrogens with one attached hydrogen (secondary N) is 1. The van der Waals surface area contributed by atoms with Gasteiger partial charge in [-0.05, 0) is 36.4 Å². The Labute approximate surface area is 121 Å². The van der Waals surface area contributed by atoms with Gasteiger partial charge in [-0.3, -0.25) is 9.78 Å². The largest absolute Gasteiger partial charge is 0.396 e. The van der Waals surface area contributed by atoms with E-state index < -0.39 is 5.91 Å². The minimum absolute atomic E-state index is 0.304. The summed E-state index contributed by atoms with van der Waals surface area (Å²) in [6.07, 6.45) is 1.74. The van der Waals surface area contributed by atoms with Crippen LogP contribution in [0.1, 0.15) is 10.4 Å². The molecule has 0 fully saturated rings. The Morgan fingerprint density at radius 1 is 1.00 bits per heavy atom. The second-order valence-corrected chi connectivity index (χ2v) is 4.63. The number of rotatable bonds is 3. The number of aromatic nitrogens is 1. The summed E-state index contributed by atoms with van der Waals surface area (Å²) in [6.45, 7) is 0. The molecule has 0 aliphatic heterocycles. The molecule has 2 aromatic carbocycles. The third-order valence-electron chi connectivity index (χ3n) is 3.29. The molecule has 5 heteroatoms. The molecule has 5 nitrogen and oxygen atoms in total. The molecule has 0 saturated carbocycles. The summed E-state index contributed by atoms with van der Waals surface area (Å²) in [7, 11) is 0. The van der Waals surface area contributed by atoms with E-state index in [0.29, 0.717) is 16.9 Å². The first-order valence-corrected chi connectivity index (χ1v) is 6.46. The normalized spacial score (nSPS) is 10.5. The summed E-state index contributed by atoms with van der Waals surface area (Å²) in [4.78, 5) is 15.6. The summed E-state index contributed by atoms with van der Waals surface area (Å²) < 4.78 is 0. The Morgan fingerprint density at radius 2 is 1.76 bits per heavy atom. The van der Waals surface area contributed by atoms with E-state index >= 15 is 0 Å². The zero-order chi connectivity index (χ0) is 14.8. The van der Waals surface area contributed by atoms with Crippen LogP contribution in [0.4, 0.5) is 17.1 Å². The monoisotopic (exact) mass is 278 g/mol. The van der Waals surface area contributed by atoms with Gasteiger partial charge >= 0.3 is 0 Å².